The number of rotatable bonds is 2. The maximum Gasteiger partial charge on any atom is 0.00870 e. The molecule has 0 saturated carbocycles. The molecule has 0 saturated heterocycles. The van der Waals surface area contributed by atoms with E-state index in [1.807, 2.05) is 30.3 Å². The summed E-state index contributed by atoms with van der Waals surface area (Å²) < 4.78 is 0. The summed E-state index contributed by atoms with van der Waals surface area (Å²) in [6.45, 7) is 18.0. The largest absolute Gasteiger partial charge is 0.999 e. The van der Waals surface area contributed by atoms with Crippen LogP contribution < -0.4 is 0 Å². The molecular formula is C19H26Si2Ti-8. The van der Waals surface area contributed by atoms with E-state index in [4.69, 9.17) is 0 Å². The van der Waals surface area contributed by atoms with Crippen LogP contribution in [0.2, 0.25) is 39.3 Å². The molecule has 2 aromatic rings. The van der Waals surface area contributed by atoms with Crippen molar-refractivity contribution in [1.29, 1.82) is 0 Å². The van der Waals surface area contributed by atoms with Crippen molar-refractivity contribution in [2.75, 3.05) is 0 Å². The molecule has 0 fully saturated rings. The fraction of sp³-hybridized carbons (Fsp3) is 0.316. The third kappa shape index (κ3) is 15.8. The Kier molecular flexibility index (Phi) is 12.9. The first-order valence-electron chi connectivity index (χ1n) is 7.10. The summed E-state index contributed by atoms with van der Waals surface area (Å²) in [4.78, 5) is 0. The molecule has 22 heavy (non-hydrogen) atoms. The van der Waals surface area contributed by atoms with E-state index >= 15 is 0 Å². The van der Waals surface area contributed by atoms with Gasteiger partial charge in [0, 0.05) is 29.8 Å². The molecule has 0 atom stereocenters. The summed E-state index contributed by atoms with van der Waals surface area (Å²) in [5, 5.41) is 1.30. The first kappa shape index (κ1) is 23.7. The van der Waals surface area contributed by atoms with Gasteiger partial charge in [0.25, 0.3) is 0 Å². The third-order valence-corrected chi connectivity index (χ3v) is 5.58. The molecule has 0 aliphatic heterocycles. The van der Waals surface area contributed by atoms with Crippen LogP contribution in [0.25, 0.3) is 0 Å². The van der Waals surface area contributed by atoms with Crippen LogP contribution in [0, 0.1) is 36.9 Å². The maximum absolute atomic E-state index is 4.10. The fourth-order valence-electron chi connectivity index (χ4n) is 1.14. The van der Waals surface area contributed by atoms with Crippen LogP contribution in [0.3, 0.4) is 0 Å². The Bertz CT molecular complexity index is 394. The van der Waals surface area contributed by atoms with Crippen LogP contribution in [0.5, 0.6) is 0 Å². The van der Waals surface area contributed by atoms with Crippen molar-refractivity contribution < 1.29 is 21.7 Å². The smallest absolute Gasteiger partial charge is 0.00870 e. The molecule has 0 bridgehead atoms. The van der Waals surface area contributed by atoms with E-state index in [0.717, 1.165) is 0 Å². The van der Waals surface area contributed by atoms with Gasteiger partial charge >= 0.3 is 0 Å². The van der Waals surface area contributed by atoms with E-state index < -0.39 is 16.1 Å². The molecule has 0 N–H and O–H groups in total. The minimum absolute atomic E-state index is 0. The van der Waals surface area contributed by atoms with Gasteiger partial charge in [-0.05, 0) is 0 Å². The number of hydrogen-bond acceptors (Lipinski definition) is 0. The first-order valence-corrected chi connectivity index (χ1v) is 14.1. The van der Waals surface area contributed by atoms with Gasteiger partial charge in [0.05, 0.1) is 0 Å². The second-order valence-electron chi connectivity index (χ2n) is 6.75. The van der Waals surface area contributed by atoms with Crippen LogP contribution in [0.4, 0.5) is 0 Å². The summed E-state index contributed by atoms with van der Waals surface area (Å²) in [6.07, 6.45) is 0. The Hall–Kier alpha value is -0.542. The minimum Gasteiger partial charge on any atom is -0.999 e. The molecule has 2 rings (SSSR count). The van der Waals surface area contributed by atoms with E-state index in [9.17, 15) is 0 Å². The van der Waals surface area contributed by atoms with Crippen LogP contribution in [0.1, 0.15) is 0 Å². The Morgan fingerprint density at radius 1 is 0.955 bits per heavy atom. The number of allylic oxidation sites excluding steroid dienone is 1. The maximum atomic E-state index is 4.10. The fourth-order valence-corrected chi connectivity index (χ4v) is 4.67. The molecule has 0 heterocycles. The van der Waals surface area contributed by atoms with Gasteiger partial charge in [0.2, 0.25) is 0 Å². The van der Waals surface area contributed by atoms with Gasteiger partial charge in [-0.2, -0.15) is 18.2 Å². The molecule has 0 aliphatic rings. The molecule has 3 heteroatoms. The topological polar surface area (TPSA) is 0 Å². The van der Waals surface area contributed by atoms with Crippen LogP contribution >= 0.6 is 0 Å². The minimum atomic E-state index is -1.14. The summed E-state index contributed by atoms with van der Waals surface area (Å²) in [7, 11) is -2.29. The van der Waals surface area contributed by atoms with Crippen LogP contribution in [-0.2, 0) is 21.7 Å². The summed E-state index contributed by atoms with van der Waals surface area (Å²) in [6, 6.07) is 22.0. The number of hydrogen-bond donors (Lipinski definition) is 0. The van der Waals surface area contributed by atoms with Gasteiger partial charge in [-0.1, -0.05) is 39.3 Å². The zero-order valence-corrected chi connectivity index (χ0v) is 18.2. The molecule has 0 aromatic heterocycles. The summed E-state index contributed by atoms with van der Waals surface area (Å²) in [5.74, 6) is 0. The van der Waals surface area contributed by atoms with Crippen molar-refractivity contribution in [3.63, 3.8) is 0 Å². The van der Waals surface area contributed by atoms with Crippen molar-refractivity contribution in [3.8, 4) is 0 Å². The van der Waals surface area contributed by atoms with Crippen LogP contribution in [-0.4, -0.2) is 16.1 Å². The van der Waals surface area contributed by atoms with Gasteiger partial charge < -0.3 is 48.2 Å². The average molecular weight is 358 g/mol. The van der Waals surface area contributed by atoms with Crippen molar-refractivity contribution >= 4 is 16.1 Å². The van der Waals surface area contributed by atoms with Gasteiger partial charge in [0.15, 0.2) is 0 Å². The summed E-state index contributed by atoms with van der Waals surface area (Å²) >= 11 is 0. The Labute approximate surface area is 155 Å². The Morgan fingerprint density at radius 2 is 1.41 bits per heavy atom. The van der Waals surface area contributed by atoms with E-state index in [2.05, 4.69) is 76.2 Å². The Morgan fingerprint density at radius 3 is 1.55 bits per heavy atom. The molecular weight excluding hydrogens is 332 g/mol. The predicted octanol–water partition coefficient (Wildman–Crippen LogP) is 5.31. The standard InChI is InChI=1S/C9H20Si2.C5H5.C5H.Ti/c1-9(11(5,6)7)8-10(2,3)4;2*1-2-4-5-3-1;/h1H2,2-7H3;1-5H;1H;/q-2;-1;-5;. The zero-order chi connectivity index (χ0) is 16.4. The van der Waals surface area contributed by atoms with Crippen molar-refractivity contribution in [2.24, 2.45) is 0 Å². The average Bonchev–Trinajstić information content (AvgIpc) is 3.05. The molecule has 0 nitrogen and oxygen atoms in total. The monoisotopic (exact) mass is 358 g/mol. The van der Waals surface area contributed by atoms with Gasteiger partial charge in [0.1, 0.15) is 0 Å². The van der Waals surface area contributed by atoms with Gasteiger partial charge in [-0.15, -0.1) is 8.07 Å². The first-order chi connectivity index (χ1) is 9.63. The predicted molar refractivity (Wildman–Crippen MR) is 98.2 cm³/mol. The summed E-state index contributed by atoms with van der Waals surface area (Å²) in [5.41, 5.74) is 3.57. The van der Waals surface area contributed by atoms with E-state index in [-0.39, 0.29) is 21.7 Å². The second-order valence-corrected chi connectivity index (χ2v) is 16.6. The second kappa shape index (κ2) is 12.0. The molecule has 0 unspecified atom stereocenters. The van der Waals surface area contributed by atoms with Crippen molar-refractivity contribution in [3.05, 3.63) is 78.5 Å². The quantitative estimate of drug-likeness (QED) is 0.504. The van der Waals surface area contributed by atoms with E-state index in [1.54, 1.807) is 6.07 Å². The molecule has 0 aliphatic carbocycles. The van der Waals surface area contributed by atoms with E-state index in [1.165, 1.54) is 5.20 Å². The SMILES string of the molecule is [CH2-]C(=[C-][Si](C)(C)C)[Si](C)(C)C.[Ti].[c-]1[c-][c-][cH-][c-]1.c1cc[cH-]c1. The molecule has 122 valence electrons. The Balaban J connectivity index is 0. The van der Waals surface area contributed by atoms with Crippen LogP contribution in [0.15, 0.2) is 41.6 Å². The van der Waals surface area contributed by atoms with E-state index in [0.29, 0.717) is 0 Å². The van der Waals surface area contributed by atoms with Crippen molar-refractivity contribution in [2.45, 2.75) is 39.3 Å². The normalized spacial score (nSPS) is 11.3. The molecule has 0 amide bonds. The third-order valence-electron chi connectivity index (χ3n) is 2.34. The van der Waals surface area contributed by atoms with Gasteiger partial charge in [-0.3, -0.25) is 0 Å². The van der Waals surface area contributed by atoms with Crippen molar-refractivity contribution in [1.82, 2.24) is 0 Å². The molecule has 0 radical (unpaired) electrons. The van der Waals surface area contributed by atoms with Gasteiger partial charge in [-0.25, -0.2) is 12.1 Å². The molecule has 0 spiro atoms. The zero-order valence-electron chi connectivity index (χ0n) is 14.7. The molecule has 2 aromatic carbocycles.